The average Bonchev–Trinajstić information content (AvgIpc) is 1.95. The average molecular weight is 155 g/mol. The second kappa shape index (κ2) is 3.57. The topological polar surface area (TPSA) is 12.0 Å². The van der Waals surface area contributed by atoms with E-state index in [0.717, 1.165) is 5.92 Å². The smallest absolute Gasteiger partial charge is 0.00228 e. The quantitative estimate of drug-likeness (QED) is 0.657. The van der Waals surface area contributed by atoms with Crippen molar-refractivity contribution >= 4 is 0 Å². The second-order valence-corrected chi connectivity index (χ2v) is 4.03. The number of rotatable bonds is 4. The summed E-state index contributed by atoms with van der Waals surface area (Å²) in [5, 5.41) is 3.40. The van der Waals surface area contributed by atoms with E-state index in [2.05, 4.69) is 26.1 Å². The van der Waals surface area contributed by atoms with Crippen molar-refractivity contribution in [2.75, 3.05) is 13.1 Å². The van der Waals surface area contributed by atoms with E-state index in [1.807, 2.05) is 0 Å². The van der Waals surface area contributed by atoms with Gasteiger partial charge in [-0.15, -0.1) is 0 Å². The van der Waals surface area contributed by atoms with E-state index in [0.29, 0.717) is 5.41 Å². The standard InChI is InChI=1S/C10H21N/c1-4-6-10(7-11-8-10)9(3)5-2/h9,11H,4-8H2,1-3H3/t9-/m1/s1. The van der Waals surface area contributed by atoms with E-state index in [9.17, 15) is 0 Å². The first-order valence-electron chi connectivity index (χ1n) is 4.96. The molecule has 1 atom stereocenters. The van der Waals surface area contributed by atoms with E-state index in [4.69, 9.17) is 0 Å². The van der Waals surface area contributed by atoms with E-state index in [-0.39, 0.29) is 0 Å². The zero-order valence-electron chi connectivity index (χ0n) is 8.11. The van der Waals surface area contributed by atoms with E-state index >= 15 is 0 Å². The maximum atomic E-state index is 3.40. The zero-order valence-corrected chi connectivity index (χ0v) is 8.11. The molecule has 0 aromatic carbocycles. The lowest BCUT2D eigenvalue weighted by Gasteiger charge is -2.47. The Kier molecular flexibility index (Phi) is 2.94. The van der Waals surface area contributed by atoms with Crippen molar-refractivity contribution in [3.05, 3.63) is 0 Å². The van der Waals surface area contributed by atoms with Crippen molar-refractivity contribution < 1.29 is 0 Å². The third-order valence-electron chi connectivity index (χ3n) is 3.36. The summed E-state index contributed by atoms with van der Waals surface area (Å²) in [4.78, 5) is 0. The maximum Gasteiger partial charge on any atom is 0.00228 e. The van der Waals surface area contributed by atoms with Gasteiger partial charge in [-0.3, -0.25) is 0 Å². The molecule has 1 rings (SSSR count). The molecule has 1 aliphatic rings. The highest BCUT2D eigenvalue weighted by Crippen LogP contribution is 2.38. The van der Waals surface area contributed by atoms with Crippen LogP contribution in [-0.2, 0) is 0 Å². The van der Waals surface area contributed by atoms with Crippen LogP contribution in [0.25, 0.3) is 0 Å². The minimum Gasteiger partial charge on any atom is -0.316 e. The summed E-state index contributed by atoms with van der Waals surface area (Å²) in [7, 11) is 0. The third kappa shape index (κ3) is 1.58. The lowest BCUT2D eigenvalue weighted by Crippen LogP contribution is -2.56. The molecule has 0 spiro atoms. The molecular weight excluding hydrogens is 134 g/mol. The minimum absolute atomic E-state index is 0.670. The number of hydrogen-bond acceptors (Lipinski definition) is 1. The van der Waals surface area contributed by atoms with Crippen LogP contribution in [0, 0.1) is 11.3 Å². The molecule has 1 fully saturated rings. The van der Waals surface area contributed by atoms with Gasteiger partial charge in [0.05, 0.1) is 0 Å². The highest BCUT2D eigenvalue weighted by molar-refractivity contribution is 4.94. The van der Waals surface area contributed by atoms with Gasteiger partial charge in [0, 0.05) is 13.1 Å². The highest BCUT2D eigenvalue weighted by Gasteiger charge is 2.39. The van der Waals surface area contributed by atoms with Crippen LogP contribution in [0.3, 0.4) is 0 Å². The van der Waals surface area contributed by atoms with Gasteiger partial charge in [-0.2, -0.15) is 0 Å². The van der Waals surface area contributed by atoms with Crippen molar-refractivity contribution in [1.29, 1.82) is 0 Å². The molecule has 0 saturated carbocycles. The Balaban J connectivity index is 2.45. The van der Waals surface area contributed by atoms with Crippen molar-refractivity contribution in [2.45, 2.75) is 40.0 Å². The van der Waals surface area contributed by atoms with Crippen LogP contribution in [0.2, 0.25) is 0 Å². The van der Waals surface area contributed by atoms with Crippen LogP contribution < -0.4 is 5.32 Å². The Labute approximate surface area is 70.6 Å². The lowest BCUT2D eigenvalue weighted by molar-refractivity contribution is 0.0735. The first-order chi connectivity index (χ1) is 5.25. The van der Waals surface area contributed by atoms with Crippen LogP contribution in [0.15, 0.2) is 0 Å². The van der Waals surface area contributed by atoms with Gasteiger partial charge in [0.1, 0.15) is 0 Å². The molecule has 1 N–H and O–H groups in total. The largest absolute Gasteiger partial charge is 0.316 e. The molecule has 1 heterocycles. The first-order valence-corrected chi connectivity index (χ1v) is 4.96. The van der Waals surface area contributed by atoms with Crippen molar-refractivity contribution in [1.82, 2.24) is 5.32 Å². The highest BCUT2D eigenvalue weighted by atomic mass is 15.0. The molecule has 0 bridgehead atoms. The summed E-state index contributed by atoms with van der Waals surface area (Å²) in [5.41, 5.74) is 0.670. The van der Waals surface area contributed by atoms with Gasteiger partial charge >= 0.3 is 0 Å². The van der Waals surface area contributed by atoms with E-state index in [1.54, 1.807) is 0 Å². The molecule has 66 valence electrons. The molecule has 0 radical (unpaired) electrons. The summed E-state index contributed by atoms with van der Waals surface area (Å²) in [6.45, 7) is 9.52. The van der Waals surface area contributed by atoms with Crippen molar-refractivity contribution in [2.24, 2.45) is 11.3 Å². The van der Waals surface area contributed by atoms with Gasteiger partial charge in [-0.1, -0.05) is 33.6 Å². The van der Waals surface area contributed by atoms with Crippen LogP contribution >= 0.6 is 0 Å². The Bertz CT molecular complexity index is 116. The molecule has 1 saturated heterocycles. The monoisotopic (exact) mass is 155 g/mol. The van der Waals surface area contributed by atoms with Crippen molar-refractivity contribution in [3.63, 3.8) is 0 Å². The van der Waals surface area contributed by atoms with Gasteiger partial charge < -0.3 is 5.32 Å². The molecule has 0 aliphatic carbocycles. The Morgan fingerprint density at radius 1 is 1.36 bits per heavy atom. The molecule has 1 heteroatoms. The Morgan fingerprint density at radius 3 is 2.27 bits per heavy atom. The molecule has 0 amide bonds. The lowest BCUT2D eigenvalue weighted by atomic mass is 9.67. The summed E-state index contributed by atoms with van der Waals surface area (Å²) in [5.74, 6) is 0.906. The molecule has 0 aromatic heterocycles. The minimum atomic E-state index is 0.670. The molecule has 0 aromatic rings. The number of nitrogens with one attached hydrogen (secondary N) is 1. The summed E-state index contributed by atoms with van der Waals surface area (Å²) in [6.07, 6.45) is 4.09. The SMILES string of the molecule is CCCC1([C@H](C)CC)CNC1. The van der Waals surface area contributed by atoms with Crippen LogP contribution in [0.4, 0.5) is 0 Å². The maximum absolute atomic E-state index is 3.40. The molecule has 1 aliphatic heterocycles. The molecular formula is C10H21N. The van der Waals surface area contributed by atoms with E-state index < -0.39 is 0 Å². The van der Waals surface area contributed by atoms with Gasteiger partial charge in [0.15, 0.2) is 0 Å². The summed E-state index contributed by atoms with van der Waals surface area (Å²) < 4.78 is 0. The fourth-order valence-electron chi connectivity index (χ4n) is 2.15. The first kappa shape index (κ1) is 9.05. The molecule has 1 nitrogen and oxygen atoms in total. The Hall–Kier alpha value is -0.0400. The van der Waals surface area contributed by atoms with Gasteiger partial charge in [-0.25, -0.2) is 0 Å². The van der Waals surface area contributed by atoms with Gasteiger partial charge in [0.2, 0.25) is 0 Å². The van der Waals surface area contributed by atoms with Crippen LogP contribution in [-0.4, -0.2) is 13.1 Å². The van der Waals surface area contributed by atoms with Crippen LogP contribution in [0.1, 0.15) is 40.0 Å². The second-order valence-electron chi connectivity index (χ2n) is 4.03. The summed E-state index contributed by atoms with van der Waals surface area (Å²) in [6, 6.07) is 0. The Morgan fingerprint density at radius 2 is 2.00 bits per heavy atom. The van der Waals surface area contributed by atoms with Crippen LogP contribution in [0.5, 0.6) is 0 Å². The van der Waals surface area contributed by atoms with Gasteiger partial charge in [-0.05, 0) is 17.8 Å². The summed E-state index contributed by atoms with van der Waals surface area (Å²) >= 11 is 0. The zero-order chi connectivity index (χ0) is 8.32. The molecule has 0 unspecified atom stereocenters. The fourth-order valence-corrected chi connectivity index (χ4v) is 2.15. The fraction of sp³-hybridized carbons (Fsp3) is 1.00. The van der Waals surface area contributed by atoms with E-state index in [1.165, 1.54) is 32.4 Å². The number of hydrogen-bond donors (Lipinski definition) is 1. The third-order valence-corrected chi connectivity index (χ3v) is 3.36. The van der Waals surface area contributed by atoms with Crippen molar-refractivity contribution in [3.8, 4) is 0 Å². The predicted octanol–water partition coefficient (Wildman–Crippen LogP) is 2.42. The molecule has 11 heavy (non-hydrogen) atoms. The predicted molar refractivity (Wildman–Crippen MR) is 49.7 cm³/mol. The normalized spacial score (nSPS) is 24.3. The van der Waals surface area contributed by atoms with Gasteiger partial charge in [0.25, 0.3) is 0 Å².